The second-order valence-corrected chi connectivity index (χ2v) is 5.50. The number of nitrogens with zero attached hydrogens (tertiary/aromatic N) is 1. The van der Waals surface area contributed by atoms with E-state index in [1.807, 2.05) is 9.97 Å². The van der Waals surface area contributed by atoms with Gasteiger partial charge in [0.2, 0.25) is 0 Å². The maximum absolute atomic E-state index is 12.1. The van der Waals surface area contributed by atoms with Crippen molar-refractivity contribution in [3.05, 3.63) is 31.5 Å². The Morgan fingerprint density at radius 3 is 1.78 bits per heavy atom. The predicted molar refractivity (Wildman–Crippen MR) is 94.2 cm³/mol. The molecule has 0 saturated carbocycles. The maximum Gasteiger partial charge on any atom is 0.338 e. The third-order valence-corrected chi connectivity index (χ3v) is 3.09. The molecule has 23 heavy (non-hydrogen) atoms. The summed E-state index contributed by atoms with van der Waals surface area (Å²) < 4.78 is 17.1. The fourth-order valence-electron chi connectivity index (χ4n) is 1.73. The summed E-state index contributed by atoms with van der Waals surface area (Å²) in [6, 6.07) is 0. The normalized spacial score (nSPS) is 11.8. The van der Waals surface area contributed by atoms with Gasteiger partial charge in [-0.15, -0.1) is 0 Å². The smallest absolute Gasteiger partial charge is 0.338 e. The Hall–Kier alpha value is -0.660. The van der Waals surface area contributed by atoms with Crippen LogP contribution >= 0.6 is 37.9 Å². The highest BCUT2D eigenvalue weighted by atomic mass is 32.1. The van der Waals surface area contributed by atoms with Gasteiger partial charge in [-0.05, 0) is 0 Å². The first-order chi connectivity index (χ1) is 11.0. The Morgan fingerprint density at radius 2 is 1.35 bits per heavy atom. The topological polar surface area (TPSA) is 115 Å². The molecule has 132 valence electrons. The fourth-order valence-corrected chi connectivity index (χ4v) is 2.05. The van der Waals surface area contributed by atoms with Crippen molar-refractivity contribution < 1.29 is 14.2 Å². The van der Waals surface area contributed by atoms with Crippen LogP contribution in [0.15, 0.2) is 14.4 Å². The van der Waals surface area contributed by atoms with E-state index in [9.17, 15) is 14.4 Å². The van der Waals surface area contributed by atoms with Crippen LogP contribution in [0.5, 0.6) is 0 Å². The number of thiol groups is 3. The van der Waals surface area contributed by atoms with Crippen molar-refractivity contribution in [2.24, 2.45) is 0 Å². The Balaban J connectivity index is 3.36. The van der Waals surface area contributed by atoms with Crippen LogP contribution in [0.25, 0.3) is 0 Å². The van der Waals surface area contributed by atoms with Crippen LogP contribution in [0.1, 0.15) is 0 Å². The lowest BCUT2D eigenvalue weighted by atomic mass is 10.4. The molecule has 1 rings (SSSR count). The average molecular weight is 385 g/mol. The number of nitrogens with one attached hydrogen (secondary N) is 2. The quantitative estimate of drug-likeness (QED) is 0.183. The summed E-state index contributed by atoms with van der Waals surface area (Å²) in [5.41, 5.74) is -2.89. The molecular weight excluding hydrogens is 366 g/mol. The van der Waals surface area contributed by atoms with Gasteiger partial charge in [0, 0.05) is 17.3 Å². The standard InChI is InChI=1S/C11H19N3O6S3/c15-8-12-9(16)14(10(17)13-8)11(19-2-5-22,20-3-6-23)7-18-1-4-21/h21-23H,1-7H2,(H2,12,13,15,16,17). The summed E-state index contributed by atoms with van der Waals surface area (Å²) in [7, 11) is 0. The minimum absolute atomic E-state index is 0.0743. The lowest BCUT2D eigenvalue weighted by Gasteiger charge is -2.33. The molecule has 0 saturated heterocycles. The highest BCUT2D eigenvalue weighted by Crippen LogP contribution is 2.18. The average Bonchev–Trinajstić information content (AvgIpc) is 2.49. The van der Waals surface area contributed by atoms with Crippen molar-refractivity contribution in [2.45, 2.75) is 5.91 Å². The number of aromatic amines is 2. The van der Waals surface area contributed by atoms with Crippen LogP contribution in [0.2, 0.25) is 0 Å². The van der Waals surface area contributed by atoms with Gasteiger partial charge < -0.3 is 14.2 Å². The minimum atomic E-state index is -1.84. The molecule has 12 heteroatoms. The molecule has 2 N–H and O–H groups in total. The maximum atomic E-state index is 12.1. The van der Waals surface area contributed by atoms with Gasteiger partial charge in [-0.3, -0.25) is 9.97 Å². The van der Waals surface area contributed by atoms with E-state index in [1.165, 1.54) is 0 Å². The molecule has 1 aromatic rings. The summed E-state index contributed by atoms with van der Waals surface area (Å²) in [6.07, 6.45) is 0. The van der Waals surface area contributed by atoms with Crippen molar-refractivity contribution in [3.63, 3.8) is 0 Å². The van der Waals surface area contributed by atoms with E-state index < -0.39 is 23.0 Å². The van der Waals surface area contributed by atoms with Gasteiger partial charge >= 0.3 is 17.1 Å². The highest BCUT2D eigenvalue weighted by molar-refractivity contribution is 7.80. The second-order valence-electron chi connectivity index (χ2n) is 4.16. The third kappa shape index (κ3) is 5.72. The molecule has 0 radical (unpaired) electrons. The zero-order valence-electron chi connectivity index (χ0n) is 12.2. The number of hydrogen-bond donors (Lipinski definition) is 5. The molecule has 0 atom stereocenters. The molecule has 0 aliphatic rings. The summed E-state index contributed by atoms with van der Waals surface area (Å²) in [5, 5.41) is 0. The lowest BCUT2D eigenvalue weighted by molar-refractivity contribution is -0.314. The van der Waals surface area contributed by atoms with Gasteiger partial charge in [-0.25, -0.2) is 14.4 Å². The molecule has 0 unspecified atom stereocenters. The van der Waals surface area contributed by atoms with Crippen molar-refractivity contribution in [3.8, 4) is 0 Å². The molecule has 0 aliphatic carbocycles. The molecule has 0 aliphatic heterocycles. The van der Waals surface area contributed by atoms with Crippen LogP contribution in [-0.4, -0.2) is 58.2 Å². The molecule has 0 fully saturated rings. The lowest BCUT2D eigenvalue weighted by Crippen LogP contribution is -2.58. The molecule has 9 nitrogen and oxygen atoms in total. The Morgan fingerprint density at radius 1 is 0.870 bits per heavy atom. The van der Waals surface area contributed by atoms with Gasteiger partial charge in [-0.2, -0.15) is 42.5 Å². The number of aromatic nitrogens is 3. The second kappa shape index (κ2) is 10.3. The number of rotatable bonds is 11. The Bertz CT molecular complexity index is 601. The molecule has 0 bridgehead atoms. The van der Waals surface area contributed by atoms with Crippen LogP contribution in [0, 0.1) is 0 Å². The molecule has 0 spiro atoms. The zero-order chi connectivity index (χ0) is 17.3. The summed E-state index contributed by atoms with van der Waals surface area (Å²) in [5.74, 6) is -0.793. The van der Waals surface area contributed by atoms with Crippen molar-refractivity contribution in [2.75, 3.05) is 43.7 Å². The van der Waals surface area contributed by atoms with Gasteiger partial charge in [0.1, 0.15) is 6.61 Å². The van der Waals surface area contributed by atoms with Gasteiger partial charge in [-0.1, -0.05) is 0 Å². The van der Waals surface area contributed by atoms with Crippen LogP contribution in [0.4, 0.5) is 0 Å². The largest absolute Gasteiger partial charge is 0.373 e. The molecular formula is C11H19N3O6S3. The van der Waals surface area contributed by atoms with Gasteiger partial charge in [0.15, 0.2) is 0 Å². The third-order valence-electron chi connectivity index (χ3n) is 2.55. The number of H-pyrrole nitrogens is 2. The molecule has 1 aromatic heterocycles. The summed E-state index contributed by atoms with van der Waals surface area (Å²) in [6.45, 7) is 0.134. The first-order valence-corrected chi connectivity index (χ1v) is 8.55. The zero-order valence-corrected chi connectivity index (χ0v) is 14.9. The monoisotopic (exact) mass is 385 g/mol. The Kier molecular flexibility index (Phi) is 9.09. The minimum Gasteiger partial charge on any atom is -0.373 e. The molecule has 0 amide bonds. The van der Waals surface area contributed by atoms with Crippen LogP contribution in [0.3, 0.4) is 0 Å². The number of hydrogen-bond acceptors (Lipinski definition) is 9. The van der Waals surface area contributed by atoms with Gasteiger partial charge in [0.05, 0.1) is 19.8 Å². The van der Waals surface area contributed by atoms with Crippen molar-refractivity contribution in [1.82, 2.24) is 14.5 Å². The van der Waals surface area contributed by atoms with Crippen molar-refractivity contribution >= 4 is 37.9 Å². The van der Waals surface area contributed by atoms with E-state index in [2.05, 4.69) is 37.9 Å². The van der Waals surface area contributed by atoms with Crippen LogP contribution < -0.4 is 17.1 Å². The molecule has 0 aromatic carbocycles. The van der Waals surface area contributed by atoms with Gasteiger partial charge in [0.25, 0.3) is 5.91 Å². The van der Waals surface area contributed by atoms with E-state index in [-0.39, 0.29) is 26.4 Å². The van der Waals surface area contributed by atoms with E-state index in [1.54, 1.807) is 0 Å². The van der Waals surface area contributed by atoms with E-state index in [0.29, 0.717) is 21.8 Å². The van der Waals surface area contributed by atoms with E-state index in [4.69, 9.17) is 14.2 Å². The molecule has 1 heterocycles. The Labute approximate surface area is 148 Å². The predicted octanol–water partition coefficient (Wildman–Crippen LogP) is -1.33. The SMILES string of the molecule is O=c1[nH]c(=O)n(C(COCCS)(OCCS)OCCS)c(=O)[nH]1. The fraction of sp³-hybridized carbons (Fsp3) is 0.727. The first-order valence-electron chi connectivity index (χ1n) is 6.65. The summed E-state index contributed by atoms with van der Waals surface area (Å²) >= 11 is 12.1. The number of ether oxygens (including phenoxy) is 3. The van der Waals surface area contributed by atoms with E-state index >= 15 is 0 Å². The van der Waals surface area contributed by atoms with Crippen molar-refractivity contribution in [1.29, 1.82) is 0 Å². The van der Waals surface area contributed by atoms with Crippen LogP contribution in [-0.2, 0) is 20.1 Å². The first kappa shape index (κ1) is 20.4. The highest BCUT2D eigenvalue weighted by Gasteiger charge is 2.38. The van der Waals surface area contributed by atoms with E-state index in [0.717, 1.165) is 0 Å². The summed E-state index contributed by atoms with van der Waals surface area (Å²) in [4.78, 5) is 39.3.